The Bertz CT molecular complexity index is 589. The van der Waals surface area contributed by atoms with Gasteiger partial charge in [0.05, 0.1) is 6.61 Å². The molecule has 1 N–H and O–H groups in total. The van der Waals surface area contributed by atoms with Crippen LogP contribution in [0.1, 0.15) is 51.0 Å². The SMILES string of the molecule is Cc1cc(Cl)ccc1OCCCC(=O)N[C@@H](C)[C@H]1C[C@H]2CC[C@H]1C2. The van der Waals surface area contributed by atoms with Crippen molar-refractivity contribution in [3.8, 4) is 5.75 Å². The van der Waals surface area contributed by atoms with Crippen molar-refractivity contribution in [1.82, 2.24) is 5.32 Å². The van der Waals surface area contributed by atoms with Crippen LogP contribution in [0.4, 0.5) is 0 Å². The van der Waals surface area contributed by atoms with Crippen LogP contribution in [0, 0.1) is 24.7 Å². The normalized spacial score (nSPS) is 26.4. The number of benzene rings is 1. The molecule has 1 amide bonds. The summed E-state index contributed by atoms with van der Waals surface area (Å²) in [5.74, 6) is 3.47. The molecule has 0 saturated heterocycles. The second kappa shape index (κ2) is 7.77. The fourth-order valence-electron chi connectivity index (χ4n) is 4.53. The number of hydrogen-bond donors (Lipinski definition) is 1. The van der Waals surface area contributed by atoms with Gasteiger partial charge in [-0.3, -0.25) is 4.79 Å². The van der Waals surface area contributed by atoms with Gasteiger partial charge in [-0.1, -0.05) is 18.0 Å². The van der Waals surface area contributed by atoms with Gasteiger partial charge in [0.2, 0.25) is 5.91 Å². The Morgan fingerprint density at radius 2 is 2.21 bits per heavy atom. The van der Waals surface area contributed by atoms with Gasteiger partial charge in [0, 0.05) is 17.5 Å². The largest absolute Gasteiger partial charge is 0.493 e. The van der Waals surface area contributed by atoms with E-state index in [0.717, 1.165) is 29.6 Å². The van der Waals surface area contributed by atoms with Crippen LogP contribution in [0.15, 0.2) is 18.2 Å². The van der Waals surface area contributed by atoms with Gasteiger partial charge in [0.15, 0.2) is 0 Å². The first kappa shape index (κ1) is 17.6. The molecule has 2 aliphatic carbocycles. The fraction of sp³-hybridized carbons (Fsp3) is 0.650. The van der Waals surface area contributed by atoms with E-state index in [4.69, 9.17) is 16.3 Å². The van der Waals surface area contributed by atoms with E-state index in [1.54, 1.807) is 0 Å². The van der Waals surface area contributed by atoms with Gasteiger partial charge in [0.25, 0.3) is 0 Å². The molecule has 4 atom stereocenters. The number of ether oxygens (including phenoxy) is 1. The lowest BCUT2D eigenvalue weighted by Gasteiger charge is -2.28. The average molecular weight is 350 g/mol. The molecule has 0 aliphatic heterocycles. The van der Waals surface area contributed by atoms with Crippen LogP contribution in [0.3, 0.4) is 0 Å². The lowest BCUT2D eigenvalue weighted by Crippen LogP contribution is -2.40. The zero-order valence-corrected chi connectivity index (χ0v) is 15.4. The molecule has 2 saturated carbocycles. The zero-order chi connectivity index (χ0) is 17.1. The number of carbonyl (C=O) groups excluding carboxylic acids is 1. The van der Waals surface area contributed by atoms with Crippen molar-refractivity contribution in [3.63, 3.8) is 0 Å². The number of aryl methyl sites for hydroxylation is 1. The van der Waals surface area contributed by atoms with Gasteiger partial charge >= 0.3 is 0 Å². The first-order valence-electron chi connectivity index (χ1n) is 9.21. The Labute approximate surface area is 150 Å². The number of halogens is 1. The minimum atomic E-state index is 0.154. The molecule has 132 valence electrons. The summed E-state index contributed by atoms with van der Waals surface area (Å²) in [6, 6.07) is 5.91. The van der Waals surface area contributed by atoms with Gasteiger partial charge in [0.1, 0.15) is 5.75 Å². The van der Waals surface area contributed by atoms with Gasteiger partial charge < -0.3 is 10.1 Å². The highest BCUT2D eigenvalue weighted by Crippen LogP contribution is 2.49. The molecule has 2 bridgehead atoms. The monoisotopic (exact) mass is 349 g/mol. The molecule has 0 radical (unpaired) electrons. The molecule has 1 aromatic carbocycles. The van der Waals surface area contributed by atoms with E-state index in [1.165, 1.54) is 25.7 Å². The van der Waals surface area contributed by atoms with E-state index in [2.05, 4.69) is 12.2 Å². The van der Waals surface area contributed by atoms with E-state index >= 15 is 0 Å². The second-order valence-electron chi connectivity index (χ2n) is 7.56. The molecule has 0 spiro atoms. The van der Waals surface area contributed by atoms with E-state index in [0.29, 0.717) is 30.0 Å². The van der Waals surface area contributed by atoms with Crippen molar-refractivity contribution in [2.24, 2.45) is 17.8 Å². The summed E-state index contributed by atoms with van der Waals surface area (Å²) < 4.78 is 5.75. The number of hydrogen-bond acceptors (Lipinski definition) is 2. The highest BCUT2D eigenvalue weighted by molar-refractivity contribution is 6.30. The number of amides is 1. The average Bonchev–Trinajstić information content (AvgIpc) is 3.16. The van der Waals surface area contributed by atoms with E-state index < -0.39 is 0 Å². The Hall–Kier alpha value is -1.22. The molecule has 0 aromatic heterocycles. The predicted molar refractivity (Wildman–Crippen MR) is 97.5 cm³/mol. The third-order valence-corrected chi connectivity index (χ3v) is 6.00. The fourth-order valence-corrected chi connectivity index (χ4v) is 4.76. The van der Waals surface area contributed by atoms with E-state index in [9.17, 15) is 4.79 Å². The molecule has 3 rings (SSSR count). The summed E-state index contributed by atoms with van der Waals surface area (Å²) in [4.78, 5) is 12.2. The topological polar surface area (TPSA) is 38.3 Å². The molecule has 4 heteroatoms. The molecule has 0 unspecified atom stereocenters. The first-order chi connectivity index (χ1) is 11.5. The van der Waals surface area contributed by atoms with Crippen LogP contribution in [0.2, 0.25) is 5.02 Å². The molecular formula is C20H28ClNO2. The summed E-state index contributed by atoms with van der Waals surface area (Å²) in [5, 5.41) is 3.93. The highest BCUT2D eigenvalue weighted by Gasteiger charge is 2.41. The summed E-state index contributed by atoms with van der Waals surface area (Å²) in [6.45, 7) is 4.71. The van der Waals surface area contributed by atoms with Crippen molar-refractivity contribution < 1.29 is 9.53 Å². The Morgan fingerprint density at radius 3 is 2.88 bits per heavy atom. The second-order valence-corrected chi connectivity index (χ2v) is 7.99. The first-order valence-corrected chi connectivity index (χ1v) is 9.59. The third kappa shape index (κ3) is 4.24. The van der Waals surface area contributed by atoms with Crippen LogP contribution in [-0.2, 0) is 4.79 Å². The molecule has 2 aliphatic rings. The smallest absolute Gasteiger partial charge is 0.220 e. The maximum absolute atomic E-state index is 12.2. The van der Waals surface area contributed by atoms with Crippen molar-refractivity contribution in [2.45, 2.75) is 58.4 Å². The number of nitrogens with one attached hydrogen (secondary N) is 1. The van der Waals surface area contributed by atoms with E-state index in [1.807, 2.05) is 25.1 Å². The molecular weight excluding hydrogens is 322 g/mol. The molecule has 24 heavy (non-hydrogen) atoms. The Morgan fingerprint density at radius 1 is 1.38 bits per heavy atom. The van der Waals surface area contributed by atoms with Crippen molar-refractivity contribution in [3.05, 3.63) is 28.8 Å². The summed E-state index contributed by atoms with van der Waals surface area (Å²) >= 11 is 5.94. The Kier molecular flexibility index (Phi) is 5.70. The summed E-state index contributed by atoms with van der Waals surface area (Å²) in [6.07, 6.45) is 6.73. The predicted octanol–water partition coefficient (Wildman–Crippen LogP) is 4.75. The lowest BCUT2D eigenvalue weighted by atomic mass is 9.84. The van der Waals surface area contributed by atoms with Crippen molar-refractivity contribution in [1.29, 1.82) is 0 Å². The van der Waals surface area contributed by atoms with Crippen LogP contribution < -0.4 is 10.1 Å². The lowest BCUT2D eigenvalue weighted by molar-refractivity contribution is -0.122. The third-order valence-electron chi connectivity index (χ3n) is 5.77. The zero-order valence-electron chi connectivity index (χ0n) is 14.7. The van der Waals surface area contributed by atoms with Crippen LogP contribution in [0.25, 0.3) is 0 Å². The minimum Gasteiger partial charge on any atom is -0.493 e. The van der Waals surface area contributed by atoms with Gasteiger partial charge in [-0.25, -0.2) is 0 Å². The summed E-state index contributed by atoms with van der Waals surface area (Å²) in [5.41, 5.74) is 1.02. The molecule has 2 fully saturated rings. The summed E-state index contributed by atoms with van der Waals surface area (Å²) in [7, 11) is 0. The molecule has 1 aromatic rings. The quantitative estimate of drug-likeness (QED) is 0.721. The van der Waals surface area contributed by atoms with Crippen molar-refractivity contribution in [2.75, 3.05) is 6.61 Å². The maximum Gasteiger partial charge on any atom is 0.220 e. The van der Waals surface area contributed by atoms with Crippen molar-refractivity contribution >= 4 is 17.5 Å². The van der Waals surface area contributed by atoms with E-state index in [-0.39, 0.29) is 5.91 Å². The van der Waals surface area contributed by atoms with Gasteiger partial charge in [-0.05, 0) is 81.0 Å². The molecule has 3 nitrogen and oxygen atoms in total. The van der Waals surface area contributed by atoms with Gasteiger partial charge in [-0.2, -0.15) is 0 Å². The highest BCUT2D eigenvalue weighted by atomic mass is 35.5. The maximum atomic E-state index is 12.2. The number of carbonyl (C=O) groups is 1. The number of fused-ring (bicyclic) bond motifs is 2. The molecule has 0 heterocycles. The standard InChI is InChI=1S/C20H28ClNO2/c1-13-10-17(21)7-8-19(13)24-9-3-4-20(23)22-14(2)18-12-15-5-6-16(18)11-15/h7-8,10,14-16,18H,3-6,9,11-12H2,1-2H3,(H,22,23)/t14-,15-,16-,18+/m0/s1. The minimum absolute atomic E-state index is 0.154. The van der Waals surface area contributed by atoms with Crippen LogP contribution >= 0.6 is 11.6 Å². The van der Waals surface area contributed by atoms with Crippen LogP contribution in [-0.4, -0.2) is 18.6 Å². The Balaban J connectivity index is 1.35. The van der Waals surface area contributed by atoms with Gasteiger partial charge in [-0.15, -0.1) is 0 Å². The van der Waals surface area contributed by atoms with Crippen LogP contribution in [0.5, 0.6) is 5.75 Å². The number of rotatable bonds is 7.